The van der Waals surface area contributed by atoms with E-state index in [4.69, 9.17) is 9.47 Å². The maximum absolute atomic E-state index is 5.22. The summed E-state index contributed by atoms with van der Waals surface area (Å²) in [6.07, 6.45) is 1.84. The molecule has 1 aliphatic heterocycles. The Kier molecular flexibility index (Phi) is 3.39. The van der Waals surface area contributed by atoms with Crippen molar-refractivity contribution in [2.24, 2.45) is 0 Å². The monoisotopic (exact) mass is 206 g/mol. The first-order chi connectivity index (χ1) is 4.79. The van der Waals surface area contributed by atoms with Crippen LogP contribution in [0.25, 0.3) is 0 Å². The molecule has 0 N–H and O–H groups in total. The highest BCUT2D eigenvalue weighted by Crippen LogP contribution is 2.16. The van der Waals surface area contributed by atoms with Crippen LogP contribution in [0, 0.1) is 0 Å². The number of allylic oxidation sites excluding steroid dienone is 1. The lowest BCUT2D eigenvalue weighted by Crippen LogP contribution is -2.06. The fourth-order valence-corrected chi connectivity index (χ4v) is 1.08. The third-order valence-corrected chi connectivity index (χ3v) is 1.74. The molecule has 0 atom stereocenters. The van der Waals surface area contributed by atoms with Gasteiger partial charge in [-0.2, -0.15) is 0 Å². The molecule has 0 radical (unpaired) electrons. The quantitative estimate of drug-likeness (QED) is 0.705. The lowest BCUT2D eigenvalue weighted by atomic mass is 10.3. The summed E-state index contributed by atoms with van der Waals surface area (Å²) in [6, 6.07) is 0. The minimum Gasteiger partial charge on any atom is -0.350 e. The van der Waals surface area contributed by atoms with E-state index in [-0.39, 0.29) is 6.29 Å². The molecule has 1 aliphatic rings. The molecule has 2 nitrogen and oxygen atoms in total. The number of ether oxygens (including phenoxy) is 2. The molecule has 0 bridgehead atoms. The molecule has 1 rings (SSSR count). The fourth-order valence-electron chi connectivity index (χ4n) is 0.848. The van der Waals surface area contributed by atoms with Crippen molar-refractivity contribution < 1.29 is 9.47 Å². The average Bonchev–Trinajstić information content (AvgIpc) is 2.34. The van der Waals surface area contributed by atoms with Gasteiger partial charge in [-0.3, -0.25) is 0 Å². The highest BCUT2D eigenvalue weighted by Gasteiger charge is 2.14. The standard InChI is InChI=1S/C7H11BrO2/c1-6(8)2-3-7-9-4-5-10-7/h7H,1-5H2. The average molecular weight is 207 g/mol. The molecule has 1 saturated heterocycles. The van der Waals surface area contributed by atoms with Crippen LogP contribution >= 0.6 is 15.9 Å². The van der Waals surface area contributed by atoms with E-state index >= 15 is 0 Å². The molecular formula is C7H11BrO2. The van der Waals surface area contributed by atoms with Crippen LogP contribution in [0.2, 0.25) is 0 Å². The molecule has 10 heavy (non-hydrogen) atoms. The summed E-state index contributed by atoms with van der Waals surface area (Å²) in [5.41, 5.74) is 0. The molecule has 3 heteroatoms. The third kappa shape index (κ3) is 2.82. The van der Waals surface area contributed by atoms with Gasteiger partial charge in [-0.1, -0.05) is 22.5 Å². The van der Waals surface area contributed by atoms with Crippen molar-refractivity contribution in [1.82, 2.24) is 0 Å². The Morgan fingerprint density at radius 1 is 1.50 bits per heavy atom. The maximum atomic E-state index is 5.22. The van der Waals surface area contributed by atoms with E-state index in [2.05, 4.69) is 22.5 Å². The van der Waals surface area contributed by atoms with Gasteiger partial charge in [0.15, 0.2) is 6.29 Å². The van der Waals surface area contributed by atoms with Gasteiger partial charge in [0.05, 0.1) is 13.2 Å². The maximum Gasteiger partial charge on any atom is 0.158 e. The smallest absolute Gasteiger partial charge is 0.158 e. The molecule has 0 aliphatic carbocycles. The van der Waals surface area contributed by atoms with E-state index in [1.165, 1.54) is 0 Å². The molecule has 0 aromatic rings. The van der Waals surface area contributed by atoms with Crippen LogP contribution in [0.15, 0.2) is 11.1 Å². The largest absolute Gasteiger partial charge is 0.350 e. The van der Waals surface area contributed by atoms with Crippen molar-refractivity contribution in [2.75, 3.05) is 13.2 Å². The van der Waals surface area contributed by atoms with Gasteiger partial charge in [-0.25, -0.2) is 0 Å². The first kappa shape index (κ1) is 8.24. The molecule has 58 valence electrons. The van der Waals surface area contributed by atoms with Crippen molar-refractivity contribution >= 4 is 15.9 Å². The van der Waals surface area contributed by atoms with E-state index in [0.717, 1.165) is 30.5 Å². The van der Waals surface area contributed by atoms with Gasteiger partial charge in [0.2, 0.25) is 0 Å². The molecule has 0 spiro atoms. The van der Waals surface area contributed by atoms with Crippen LogP contribution in [0.3, 0.4) is 0 Å². The number of hydrogen-bond acceptors (Lipinski definition) is 2. The van der Waals surface area contributed by atoms with E-state index in [1.54, 1.807) is 0 Å². The van der Waals surface area contributed by atoms with Gasteiger partial charge in [0, 0.05) is 6.42 Å². The molecule has 0 saturated carbocycles. The van der Waals surface area contributed by atoms with Crippen molar-refractivity contribution in [2.45, 2.75) is 19.1 Å². The predicted molar refractivity (Wildman–Crippen MR) is 43.0 cm³/mol. The molecule has 1 fully saturated rings. The Bertz CT molecular complexity index is 119. The van der Waals surface area contributed by atoms with Gasteiger partial charge in [0.25, 0.3) is 0 Å². The molecule has 0 unspecified atom stereocenters. The first-order valence-corrected chi connectivity index (χ1v) is 4.15. The molecule has 0 aromatic carbocycles. The number of rotatable bonds is 3. The Morgan fingerprint density at radius 3 is 2.60 bits per heavy atom. The van der Waals surface area contributed by atoms with E-state index in [9.17, 15) is 0 Å². The minimum absolute atomic E-state index is 0.00861. The number of hydrogen-bond donors (Lipinski definition) is 0. The van der Waals surface area contributed by atoms with Gasteiger partial charge >= 0.3 is 0 Å². The zero-order valence-corrected chi connectivity index (χ0v) is 7.39. The van der Waals surface area contributed by atoms with Crippen molar-refractivity contribution in [3.05, 3.63) is 11.1 Å². The summed E-state index contributed by atoms with van der Waals surface area (Å²) in [7, 11) is 0. The summed E-state index contributed by atoms with van der Waals surface area (Å²) in [5, 5.41) is 0. The topological polar surface area (TPSA) is 18.5 Å². The van der Waals surface area contributed by atoms with Gasteiger partial charge in [-0.05, 0) is 10.9 Å². The van der Waals surface area contributed by atoms with Crippen molar-refractivity contribution in [3.63, 3.8) is 0 Å². The van der Waals surface area contributed by atoms with Gasteiger partial charge < -0.3 is 9.47 Å². The fraction of sp³-hybridized carbons (Fsp3) is 0.714. The highest BCUT2D eigenvalue weighted by atomic mass is 79.9. The normalized spacial score (nSPS) is 19.7. The van der Waals surface area contributed by atoms with Gasteiger partial charge in [0.1, 0.15) is 0 Å². The Hall–Kier alpha value is 0.140. The van der Waals surface area contributed by atoms with Crippen LogP contribution in [0.1, 0.15) is 12.8 Å². The summed E-state index contributed by atoms with van der Waals surface area (Å²) in [5.74, 6) is 0. The molecular weight excluding hydrogens is 196 g/mol. The zero-order valence-electron chi connectivity index (χ0n) is 5.81. The summed E-state index contributed by atoms with van der Waals surface area (Å²) < 4.78 is 11.4. The Labute approximate surface area is 69.3 Å². The lowest BCUT2D eigenvalue weighted by molar-refractivity contribution is -0.0458. The van der Waals surface area contributed by atoms with Crippen LogP contribution in [-0.2, 0) is 9.47 Å². The van der Waals surface area contributed by atoms with Crippen molar-refractivity contribution in [3.8, 4) is 0 Å². The SMILES string of the molecule is C=C(Br)CCC1OCCO1. The first-order valence-electron chi connectivity index (χ1n) is 3.35. The van der Waals surface area contributed by atoms with E-state index in [0.29, 0.717) is 0 Å². The minimum atomic E-state index is 0.00861. The van der Waals surface area contributed by atoms with E-state index in [1.807, 2.05) is 0 Å². The molecule has 0 aromatic heterocycles. The van der Waals surface area contributed by atoms with Crippen LogP contribution < -0.4 is 0 Å². The Balaban J connectivity index is 2.07. The lowest BCUT2D eigenvalue weighted by Gasteiger charge is -2.06. The second-order valence-corrected chi connectivity index (χ2v) is 3.35. The zero-order chi connectivity index (χ0) is 7.40. The number of halogens is 1. The third-order valence-electron chi connectivity index (χ3n) is 1.34. The van der Waals surface area contributed by atoms with Crippen LogP contribution in [-0.4, -0.2) is 19.5 Å². The van der Waals surface area contributed by atoms with Gasteiger partial charge in [-0.15, -0.1) is 0 Å². The van der Waals surface area contributed by atoms with E-state index < -0.39 is 0 Å². The molecule has 1 heterocycles. The second-order valence-electron chi connectivity index (χ2n) is 2.23. The van der Waals surface area contributed by atoms with Crippen molar-refractivity contribution in [1.29, 1.82) is 0 Å². The second kappa shape index (κ2) is 4.11. The summed E-state index contributed by atoms with van der Waals surface area (Å²) in [4.78, 5) is 0. The molecule has 0 amide bonds. The predicted octanol–water partition coefficient (Wildman–Crippen LogP) is 2.05. The van der Waals surface area contributed by atoms with Crippen LogP contribution in [0.5, 0.6) is 0 Å². The summed E-state index contributed by atoms with van der Waals surface area (Å²) >= 11 is 3.28. The summed E-state index contributed by atoms with van der Waals surface area (Å²) in [6.45, 7) is 5.19. The van der Waals surface area contributed by atoms with Crippen LogP contribution in [0.4, 0.5) is 0 Å². The Morgan fingerprint density at radius 2 is 2.10 bits per heavy atom. The highest BCUT2D eigenvalue weighted by molar-refractivity contribution is 9.11.